The molecule has 0 aliphatic carbocycles. The summed E-state index contributed by atoms with van der Waals surface area (Å²) in [6.07, 6.45) is 8.16. The lowest BCUT2D eigenvalue weighted by molar-refractivity contribution is 0.0516. The molecule has 0 fully saturated rings. The van der Waals surface area contributed by atoms with Crippen LogP contribution in [0.3, 0.4) is 0 Å². The number of hydrogen-bond donors (Lipinski definition) is 0. The third-order valence-corrected chi connectivity index (χ3v) is 13.1. The summed E-state index contributed by atoms with van der Waals surface area (Å²) in [5.41, 5.74) is 7.02. The van der Waals surface area contributed by atoms with Crippen LogP contribution in [0, 0.1) is 0 Å². The molecule has 6 heteroatoms. The molecule has 0 aromatic heterocycles. The summed E-state index contributed by atoms with van der Waals surface area (Å²) in [5, 5.41) is 3.52. The second-order valence-corrected chi connectivity index (χ2v) is 16.9. The predicted octanol–water partition coefficient (Wildman–Crippen LogP) is 14.4. The number of hydrogen-bond acceptors (Lipinski definition) is 6. The first kappa shape index (κ1) is 42.2. The van der Waals surface area contributed by atoms with Gasteiger partial charge in [0, 0.05) is 55.3 Å². The number of carbonyl (C=O) groups is 2. The molecule has 0 radical (unpaired) electrons. The van der Waals surface area contributed by atoms with Crippen molar-refractivity contribution in [3.05, 3.63) is 251 Å². The van der Waals surface area contributed by atoms with Crippen molar-refractivity contribution in [2.75, 3.05) is 13.2 Å². The van der Waals surface area contributed by atoms with Crippen LogP contribution >= 0.6 is 0 Å². The Kier molecular flexibility index (Phi) is 10.8. The molecular formula is C62H46O6. The maximum Gasteiger partial charge on any atom is 0.339 e. The van der Waals surface area contributed by atoms with Crippen molar-refractivity contribution in [2.24, 2.45) is 0 Å². The zero-order valence-electron chi connectivity index (χ0n) is 37.6. The number of rotatable bonds is 10. The standard InChI is InChI=1S/C62H46O6/c1-3-65-59(63)55-51-37-39-61(43-25-13-7-14-26-43,67-57(51)49-31-19-17-29-47(49)53(55)41-21-9-5-10-22-41)45-33-35-46(36-34-45)62(44-27-15-8-16-28-44)40-38-52-56(60(64)66-4-2)54(42-23-11-6-12-24-42)48-30-18-20-32-50(48)58(52)68-62/h5-40H,3-4H2,1-2H3. The lowest BCUT2D eigenvalue weighted by atomic mass is 9.78. The van der Waals surface area contributed by atoms with Crippen LogP contribution in [-0.4, -0.2) is 25.2 Å². The number of ether oxygens (including phenoxy) is 4. The van der Waals surface area contributed by atoms with Gasteiger partial charge >= 0.3 is 11.9 Å². The molecule has 2 atom stereocenters. The Labute approximate surface area is 395 Å². The van der Waals surface area contributed by atoms with Crippen LogP contribution in [0.25, 0.3) is 56.0 Å². The van der Waals surface area contributed by atoms with Crippen LogP contribution in [0.4, 0.5) is 0 Å². The summed E-state index contributed by atoms with van der Waals surface area (Å²) < 4.78 is 26.5. The molecule has 0 spiro atoms. The number of benzene rings is 9. The highest BCUT2D eigenvalue weighted by molar-refractivity contribution is 6.15. The average Bonchev–Trinajstić information content (AvgIpc) is 3.41. The first-order valence-electron chi connectivity index (χ1n) is 23.1. The van der Waals surface area contributed by atoms with Crippen molar-refractivity contribution < 1.29 is 28.5 Å². The topological polar surface area (TPSA) is 71.1 Å². The lowest BCUT2D eigenvalue weighted by Gasteiger charge is -2.39. The summed E-state index contributed by atoms with van der Waals surface area (Å²) in [5.74, 6) is 0.359. The highest BCUT2D eigenvalue weighted by Crippen LogP contribution is 2.52. The van der Waals surface area contributed by atoms with E-state index in [4.69, 9.17) is 18.9 Å². The average molecular weight is 887 g/mol. The Hall–Kier alpha value is -8.48. The molecule has 0 saturated carbocycles. The summed E-state index contributed by atoms with van der Waals surface area (Å²) in [7, 11) is 0. The van der Waals surface area contributed by atoms with Crippen LogP contribution in [0.1, 0.15) is 67.9 Å². The molecule has 0 bridgehead atoms. The Morgan fingerprint density at radius 1 is 0.397 bits per heavy atom. The van der Waals surface area contributed by atoms with E-state index in [1.54, 1.807) is 0 Å². The Morgan fingerprint density at radius 2 is 0.706 bits per heavy atom. The van der Waals surface area contributed by atoms with Crippen molar-refractivity contribution in [1.82, 2.24) is 0 Å². The molecule has 0 N–H and O–H groups in total. The van der Waals surface area contributed by atoms with Crippen LogP contribution in [-0.2, 0) is 20.7 Å². The molecule has 9 aromatic carbocycles. The van der Waals surface area contributed by atoms with Crippen molar-refractivity contribution in [1.29, 1.82) is 0 Å². The zero-order chi connectivity index (χ0) is 46.2. The Bertz CT molecular complexity index is 3200. The van der Waals surface area contributed by atoms with Crippen molar-refractivity contribution in [3.63, 3.8) is 0 Å². The molecule has 330 valence electrons. The molecule has 6 nitrogen and oxygen atoms in total. The third kappa shape index (κ3) is 6.87. The van der Waals surface area contributed by atoms with Gasteiger partial charge in [0.1, 0.15) is 11.5 Å². The lowest BCUT2D eigenvalue weighted by Crippen LogP contribution is -2.36. The quantitative estimate of drug-likeness (QED) is 0.127. The van der Waals surface area contributed by atoms with Crippen molar-refractivity contribution in [3.8, 4) is 33.8 Å². The van der Waals surface area contributed by atoms with E-state index in [-0.39, 0.29) is 13.2 Å². The molecule has 0 saturated heterocycles. The summed E-state index contributed by atoms with van der Waals surface area (Å²) in [4.78, 5) is 28.3. The van der Waals surface area contributed by atoms with E-state index in [9.17, 15) is 9.59 Å². The van der Waals surface area contributed by atoms with Gasteiger partial charge in [-0.25, -0.2) is 9.59 Å². The first-order valence-corrected chi connectivity index (χ1v) is 23.1. The van der Waals surface area contributed by atoms with E-state index in [0.717, 1.165) is 66.1 Å². The minimum absolute atomic E-state index is 0.228. The van der Waals surface area contributed by atoms with Gasteiger partial charge in [-0.2, -0.15) is 0 Å². The molecule has 11 rings (SSSR count). The van der Waals surface area contributed by atoms with Gasteiger partial charge in [0.25, 0.3) is 0 Å². The van der Waals surface area contributed by atoms with Gasteiger partial charge in [0.05, 0.1) is 24.3 Å². The zero-order valence-corrected chi connectivity index (χ0v) is 37.6. The van der Waals surface area contributed by atoms with Gasteiger partial charge in [0.2, 0.25) is 0 Å². The summed E-state index contributed by atoms with van der Waals surface area (Å²) in [6, 6.07) is 64.9. The Balaban J connectivity index is 1.09. The highest BCUT2D eigenvalue weighted by atomic mass is 16.5. The summed E-state index contributed by atoms with van der Waals surface area (Å²) >= 11 is 0. The first-order chi connectivity index (χ1) is 33.5. The van der Waals surface area contributed by atoms with E-state index in [2.05, 4.69) is 72.8 Å². The number of carbonyl (C=O) groups excluding carboxylic acids is 2. The van der Waals surface area contributed by atoms with Crippen LogP contribution in [0.15, 0.2) is 206 Å². The fraction of sp³-hybridized carbons (Fsp3) is 0.0968. The van der Waals surface area contributed by atoms with Crippen LogP contribution in [0.5, 0.6) is 11.5 Å². The number of esters is 2. The van der Waals surface area contributed by atoms with E-state index in [1.165, 1.54) is 0 Å². The minimum atomic E-state index is -1.11. The highest BCUT2D eigenvalue weighted by Gasteiger charge is 2.43. The van der Waals surface area contributed by atoms with Crippen molar-refractivity contribution >= 4 is 45.6 Å². The molecule has 2 unspecified atom stereocenters. The van der Waals surface area contributed by atoms with Crippen LogP contribution < -0.4 is 9.47 Å². The molecule has 0 amide bonds. The summed E-state index contributed by atoms with van der Waals surface area (Å²) in [6.45, 7) is 4.10. The van der Waals surface area contributed by atoms with Gasteiger partial charge in [0.15, 0.2) is 11.2 Å². The molecule has 68 heavy (non-hydrogen) atoms. The maximum atomic E-state index is 14.2. The van der Waals surface area contributed by atoms with Gasteiger partial charge in [-0.1, -0.05) is 194 Å². The fourth-order valence-electron chi connectivity index (χ4n) is 10.1. The molecule has 9 aromatic rings. The SMILES string of the molecule is CCOC(=O)c1c2c(c3ccccc3c1-c1ccccc1)OC(c1ccccc1)(c1ccc(C3(c4ccccc4)C=Cc4c(C(=O)OCC)c(-c5ccccc5)c5ccccc5c4O3)cc1)C=C2. The van der Waals surface area contributed by atoms with Gasteiger partial charge in [-0.05, 0) is 60.1 Å². The number of fused-ring (bicyclic) bond motifs is 6. The third-order valence-electron chi connectivity index (χ3n) is 13.1. The molecule has 2 aliphatic rings. The van der Waals surface area contributed by atoms with E-state index < -0.39 is 23.1 Å². The second kappa shape index (κ2) is 17.4. The van der Waals surface area contributed by atoms with E-state index >= 15 is 0 Å². The van der Waals surface area contributed by atoms with E-state index in [1.807, 2.05) is 159 Å². The van der Waals surface area contributed by atoms with E-state index in [0.29, 0.717) is 33.8 Å². The minimum Gasteiger partial charge on any atom is -0.472 e. The fourth-order valence-corrected chi connectivity index (χ4v) is 10.1. The molecular weight excluding hydrogens is 841 g/mol. The Morgan fingerprint density at radius 3 is 1.06 bits per heavy atom. The van der Waals surface area contributed by atoms with Gasteiger partial charge in [-0.3, -0.25) is 0 Å². The smallest absolute Gasteiger partial charge is 0.339 e. The van der Waals surface area contributed by atoms with Gasteiger partial charge < -0.3 is 18.9 Å². The largest absolute Gasteiger partial charge is 0.472 e. The predicted molar refractivity (Wildman–Crippen MR) is 271 cm³/mol. The van der Waals surface area contributed by atoms with Gasteiger partial charge in [-0.15, -0.1) is 0 Å². The maximum absolute atomic E-state index is 14.2. The normalized spacial score (nSPS) is 16.9. The molecule has 2 heterocycles. The second-order valence-electron chi connectivity index (χ2n) is 16.9. The van der Waals surface area contributed by atoms with Crippen molar-refractivity contribution in [2.45, 2.75) is 25.0 Å². The monoisotopic (exact) mass is 886 g/mol. The molecule has 2 aliphatic heterocycles. The van der Waals surface area contributed by atoms with Crippen LogP contribution in [0.2, 0.25) is 0 Å².